The lowest BCUT2D eigenvalue weighted by atomic mass is 10.1. The van der Waals surface area contributed by atoms with Crippen molar-refractivity contribution in [3.63, 3.8) is 0 Å². The highest BCUT2D eigenvalue weighted by atomic mass is 19.4. The molecule has 0 saturated heterocycles. The predicted octanol–water partition coefficient (Wildman–Crippen LogP) is 4.29. The van der Waals surface area contributed by atoms with E-state index in [0.717, 1.165) is 12.1 Å². The fourth-order valence-corrected chi connectivity index (χ4v) is 2.35. The lowest BCUT2D eigenvalue weighted by Gasteiger charge is -2.14. The number of hydrogen-bond acceptors (Lipinski definition) is 5. The van der Waals surface area contributed by atoms with Crippen LogP contribution in [0.1, 0.15) is 34.4 Å². The van der Waals surface area contributed by atoms with E-state index in [0.29, 0.717) is 17.1 Å². The third-order valence-corrected chi connectivity index (χ3v) is 3.77. The third kappa shape index (κ3) is 5.25. The molecule has 6 nitrogen and oxygen atoms in total. The molecule has 1 aromatic heterocycles. The number of anilines is 1. The Morgan fingerprint density at radius 1 is 1.07 bits per heavy atom. The van der Waals surface area contributed by atoms with Crippen LogP contribution in [0.2, 0.25) is 0 Å². The first-order valence-corrected chi connectivity index (χ1v) is 7.92. The van der Waals surface area contributed by atoms with E-state index in [4.69, 9.17) is 9.15 Å². The smallest absolute Gasteiger partial charge is 0.465 e. The molecule has 0 radical (unpaired) electrons. The van der Waals surface area contributed by atoms with Gasteiger partial charge in [-0.25, -0.2) is 4.79 Å². The van der Waals surface area contributed by atoms with Crippen molar-refractivity contribution in [2.75, 3.05) is 5.32 Å². The SMILES string of the molecule is Cc1oc(C)c(C(=O)O[C@@H](C)C(=O)Nc2ccc(OC(F)(F)F)cc2)c1C. The maximum absolute atomic E-state index is 12.3. The van der Waals surface area contributed by atoms with Crippen LogP contribution in [0.25, 0.3) is 0 Å². The number of esters is 1. The van der Waals surface area contributed by atoms with Gasteiger partial charge in [0.15, 0.2) is 6.10 Å². The molecule has 146 valence electrons. The largest absolute Gasteiger partial charge is 0.573 e. The third-order valence-electron chi connectivity index (χ3n) is 3.77. The number of rotatable bonds is 5. The number of hydrogen-bond donors (Lipinski definition) is 1. The van der Waals surface area contributed by atoms with Crippen LogP contribution in [0.3, 0.4) is 0 Å². The fourth-order valence-electron chi connectivity index (χ4n) is 2.35. The molecule has 0 saturated carbocycles. The average Bonchev–Trinajstić information content (AvgIpc) is 2.80. The summed E-state index contributed by atoms with van der Waals surface area (Å²) in [6.45, 7) is 6.41. The Morgan fingerprint density at radius 3 is 2.15 bits per heavy atom. The molecule has 1 aromatic carbocycles. The van der Waals surface area contributed by atoms with E-state index < -0.39 is 30.1 Å². The molecule has 1 N–H and O–H groups in total. The van der Waals surface area contributed by atoms with Crippen LogP contribution >= 0.6 is 0 Å². The van der Waals surface area contributed by atoms with Crippen LogP contribution in [0.4, 0.5) is 18.9 Å². The standard InChI is InChI=1S/C18H18F3NO5/c1-9-10(2)25-11(3)15(9)17(24)26-12(4)16(23)22-13-5-7-14(8-6-13)27-18(19,20)21/h5-8,12H,1-4H3,(H,22,23)/t12-/m0/s1. The highest BCUT2D eigenvalue weighted by Gasteiger charge is 2.31. The van der Waals surface area contributed by atoms with Crippen LogP contribution in [0, 0.1) is 20.8 Å². The quantitative estimate of drug-likeness (QED) is 0.777. The van der Waals surface area contributed by atoms with E-state index >= 15 is 0 Å². The van der Waals surface area contributed by atoms with E-state index in [2.05, 4.69) is 10.1 Å². The predicted molar refractivity (Wildman–Crippen MR) is 89.6 cm³/mol. The van der Waals surface area contributed by atoms with Gasteiger partial charge < -0.3 is 19.2 Å². The van der Waals surface area contributed by atoms with E-state index in [1.807, 2.05) is 0 Å². The van der Waals surface area contributed by atoms with E-state index in [9.17, 15) is 22.8 Å². The zero-order chi connectivity index (χ0) is 20.4. The number of halogens is 3. The van der Waals surface area contributed by atoms with Crippen molar-refractivity contribution in [2.45, 2.75) is 40.2 Å². The highest BCUT2D eigenvalue weighted by molar-refractivity contribution is 5.98. The van der Waals surface area contributed by atoms with Crippen LogP contribution in [-0.2, 0) is 9.53 Å². The Bertz CT molecular complexity index is 840. The van der Waals surface area contributed by atoms with E-state index in [-0.39, 0.29) is 11.3 Å². The molecule has 0 aliphatic carbocycles. The molecule has 0 bridgehead atoms. The molecule has 27 heavy (non-hydrogen) atoms. The van der Waals surface area contributed by atoms with E-state index in [1.165, 1.54) is 19.1 Å². The molecule has 0 unspecified atom stereocenters. The fraction of sp³-hybridized carbons (Fsp3) is 0.333. The maximum Gasteiger partial charge on any atom is 0.573 e. The van der Waals surface area contributed by atoms with Crippen molar-refractivity contribution in [2.24, 2.45) is 0 Å². The molecule has 9 heteroatoms. The molecule has 1 amide bonds. The van der Waals surface area contributed by atoms with Gasteiger partial charge in [0.2, 0.25) is 0 Å². The second-order valence-corrected chi connectivity index (χ2v) is 5.82. The number of ether oxygens (including phenoxy) is 2. The number of carbonyl (C=O) groups is 2. The Kier molecular flexibility index (Phi) is 5.82. The first-order chi connectivity index (χ1) is 12.5. The van der Waals surface area contributed by atoms with Gasteiger partial charge >= 0.3 is 12.3 Å². The Labute approximate surface area is 153 Å². The number of carbonyl (C=O) groups excluding carboxylic acids is 2. The number of benzene rings is 1. The molecule has 1 atom stereocenters. The second kappa shape index (κ2) is 7.73. The average molecular weight is 385 g/mol. The summed E-state index contributed by atoms with van der Waals surface area (Å²) in [5.74, 6) is -0.774. The summed E-state index contributed by atoms with van der Waals surface area (Å²) in [5.41, 5.74) is 1.12. The molecule has 0 spiro atoms. The van der Waals surface area contributed by atoms with Gasteiger partial charge in [-0.15, -0.1) is 13.2 Å². The van der Waals surface area contributed by atoms with Gasteiger partial charge in [-0.1, -0.05) is 0 Å². The molecule has 0 fully saturated rings. The Balaban J connectivity index is 1.98. The molecule has 0 aliphatic rings. The number of aryl methyl sites for hydroxylation is 2. The summed E-state index contributed by atoms with van der Waals surface area (Å²) in [7, 11) is 0. The molecular formula is C18H18F3NO5. The van der Waals surface area contributed by atoms with Gasteiger partial charge in [0.25, 0.3) is 5.91 Å². The first-order valence-electron chi connectivity index (χ1n) is 7.92. The second-order valence-electron chi connectivity index (χ2n) is 5.82. The highest BCUT2D eigenvalue weighted by Crippen LogP contribution is 2.24. The van der Waals surface area contributed by atoms with Crippen molar-refractivity contribution in [1.29, 1.82) is 0 Å². The van der Waals surface area contributed by atoms with Crippen LogP contribution in [0.15, 0.2) is 28.7 Å². The summed E-state index contributed by atoms with van der Waals surface area (Å²) in [4.78, 5) is 24.4. The zero-order valence-electron chi connectivity index (χ0n) is 15.1. The summed E-state index contributed by atoms with van der Waals surface area (Å²) in [6, 6.07) is 4.59. The van der Waals surface area contributed by atoms with Crippen molar-refractivity contribution in [3.8, 4) is 5.75 Å². The lowest BCUT2D eigenvalue weighted by Crippen LogP contribution is -2.30. The van der Waals surface area contributed by atoms with Crippen molar-refractivity contribution in [3.05, 3.63) is 46.9 Å². The van der Waals surface area contributed by atoms with E-state index in [1.54, 1.807) is 20.8 Å². The van der Waals surface area contributed by atoms with Crippen LogP contribution < -0.4 is 10.1 Å². The molecule has 2 aromatic rings. The number of furan rings is 1. The number of amides is 1. The normalized spacial score (nSPS) is 12.4. The number of alkyl halides is 3. The molecule has 0 aliphatic heterocycles. The van der Waals surface area contributed by atoms with Gasteiger partial charge in [0, 0.05) is 11.3 Å². The van der Waals surface area contributed by atoms with Crippen molar-refractivity contribution >= 4 is 17.6 Å². The minimum Gasteiger partial charge on any atom is -0.465 e. The summed E-state index contributed by atoms with van der Waals surface area (Å²) in [6.07, 6.45) is -5.92. The Hall–Kier alpha value is -2.97. The van der Waals surface area contributed by atoms with Crippen LogP contribution in [0.5, 0.6) is 5.75 Å². The topological polar surface area (TPSA) is 77.8 Å². The molecule has 1 heterocycles. The zero-order valence-corrected chi connectivity index (χ0v) is 15.1. The summed E-state index contributed by atoms with van der Waals surface area (Å²) in [5, 5.41) is 2.45. The minimum absolute atomic E-state index is 0.226. The summed E-state index contributed by atoms with van der Waals surface area (Å²) >= 11 is 0. The minimum atomic E-state index is -4.80. The monoisotopic (exact) mass is 385 g/mol. The van der Waals surface area contributed by atoms with Gasteiger partial charge in [0.1, 0.15) is 22.8 Å². The van der Waals surface area contributed by atoms with Crippen LogP contribution in [-0.4, -0.2) is 24.3 Å². The van der Waals surface area contributed by atoms with Gasteiger partial charge in [-0.2, -0.15) is 0 Å². The molecule has 2 rings (SSSR count). The van der Waals surface area contributed by atoms with Crippen molar-refractivity contribution < 1.29 is 36.7 Å². The lowest BCUT2D eigenvalue weighted by molar-refractivity contribution is -0.274. The first kappa shape index (κ1) is 20.3. The van der Waals surface area contributed by atoms with Gasteiger partial charge in [-0.05, 0) is 52.0 Å². The van der Waals surface area contributed by atoms with Gasteiger partial charge in [-0.3, -0.25) is 4.79 Å². The van der Waals surface area contributed by atoms with Gasteiger partial charge in [0.05, 0.1) is 0 Å². The summed E-state index contributed by atoms with van der Waals surface area (Å²) < 4.78 is 50.6. The number of nitrogens with one attached hydrogen (secondary N) is 1. The molecular weight excluding hydrogens is 367 g/mol. The Morgan fingerprint density at radius 2 is 1.67 bits per heavy atom. The maximum atomic E-state index is 12.3. The van der Waals surface area contributed by atoms with Crippen molar-refractivity contribution in [1.82, 2.24) is 0 Å².